The molecule has 7 rings (SSSR count). The molecule has 1 saturated heterocycles. The summed E-state index contributed by atoms with van der Waals surface area (Å²) in [7, 11) is 0. The van der Waals surface area contributed by atoms with Crippen LogP contribution in [-0.4, -0.2) is 66.8 Å². The normalized spacial score (nSPS) is 15.5. The van der Waals surface area contributed by atoms with E-state index >= 15 is 0 Å². The molecule has 0 radical (unpaired) electrons. The molecule has 3 N–H and O–H groups in total. The van der Waals surface area contributed by atoms with Gasteiger partial charge < -0.3 is 15.4 Å². The first-order valence-electron chi connectivity index (χ1n) is 14.2. The van der Waals surface area contributed by atoms with Crippen molar-refractivity contribution < 1.29 is 19.1 Å². The van der Waals surface area contributed by atoms with Gasteiger partial charge >= 0.3 is 0 Å². The van der Waals surface area contributed by atoms with E-state index in [1.807, 2.05) is 53.4 Å². The number of ketones is 1. The van der Waals surface area contributed by atoms with Gasteiger partial charge in [-0.3, -0.25) is 19.4 Å². The van der Waals surface area contributed by atoms with E-state index in [0.717, 1.165) is 16.7 Å². The SMILES string of the molecule is NC(=O)c1cncc(-c2ccc3c(c2)C(=O)CC2(CCN(C(=O)c4cc(-c5ccccc5)cc(-c5nnn[nH]5)c4)CC2)O3)c1. The van der Waals surface area contributed by atoms with Crippen molar-refractivity contribution >= 4 is 17.6 Å². The highest BCUT2D eigenvalue weighted by Crippen LogP contribution is 2.41. The largest absolute Gasteiger partial charge is 0.486 e. The fourth-order valence-corrected chi connectivity index (χ4v) is 5.95. The molecule has 44 heavy (non-hydrogen) atoms. The van der Waals surface area contributed by atoms with Crippen LogP contribution in [0.2, 0.25) is 0 Å². The molecule has 1 spiro atoms. The number of Topliss-reactive ketones (excluding diaryl/α,β-unsaturated/α-hetero) is 1. The number of carbonyl (C=O) groups excluding carboxylic acids is 3. The van der Waals surface area contributed by atoms with E-state index in [2.05, 4.69) is 25.6 Å². The summed E-state index contributed by atoms with van der Waals surface area (Å²) in [4.78, 5) is 44.7. The van der Waals surface area contributed by atoms with Crippen molar-refractivity contribution in [3.63, 3.8) is 0 Å². The summed E-state index contributed by atoms with van der Waals surface area (Å²) < 4.78 is 6.49. The molecule has 0 bridgehead atoms. The van der Waals surface area contributed by atoms with Gasteiger partial charge in [0.15, 0.2) is 11.6 Å². The Morgan fingerprint density at radius 2 is 1.61 bits per heavy atom. The maximum atomic E-state index is 13.8. The molecule has 11 heteroatoms. The number of amides is 2. The number of aromatic nitrogens is 5. The zero-order valence-electron chi connectivity index (χ0n) is 23.6. The summed E-state index contributed by atoms with van der Waals surface area (Å²) in [6.45, 7) is 0.889. The molecule has 2 aliphatic rings. The van der Waals surface area contributed by atoms with Crippen LogP contribution in [0.3, 0.4) is 0 Å². The zero-order valence-corrected chi connectivity index (χ0v) is 23.6. The van der Waals surface area contributed by atoms with Gasteiger partial charge in [-0.1, -0.05) is 36.4 Å². The second kappa shape index (κ2) is 10.8. The minimum Gasteiger partial charge on any atom is -0.486 e. The summed E-state index contributed by atoms with van der Waals surface area (Å²) in [5.74, 6) is 0.296. The maximum absolute atomic E-state index is 13.8. The Balaban J connectivity index is 1.10. The third-order valence-electron chi connectivity index (χ3n) is 8.31. The number of piperidine rings is 1. The molecular formula is C33H27N7O4. The molecule has 2 aliphatic heterocycles. The summed E-state index contributed by atoms with van der Waals surface area (Å²) >= 11 is 0. The van der Waals surface area contributed by atoms with Gasteiger partial charge in [-0.2, -0.15) is 0 Å². The van der Waals surface area contributed by atoms with Crippen LogP contribution >= 0.6 is 0 Å². The van der Waals surface area contributed by atoms with Gasteiger partial charge in [0.25, 0.3) is 5.91 Å². The van der Waals surface area contributed by atoms with E-state index < -0.39 is 11.5 Å². The van der Waals surface area contributed by atoms with Crippen molar-refractivity contribution in [2.24, 2.45) is 5.73 Å². The van der Waals surface area contributed by atoms with Crippen LogP contribution in [-0.2, 0) is 0 Å². The third-order valence-corrected chi connectivity index (χ3v) is 8.31. The first kappa shape index (κ1) is 27.1. The average Bonchev–Trinajstić information content (AvgIpc) is 3.60. The topological polar surface area (TPSA) is 157 Å². The van der Waals surface area contributed by atoms with Crippen molar-refractivity contribution in [1.29, 1.82) is 0 Å². The first-order chi connectivity index (χ1) is 21.4. The Morgan fingerprint density at radius 1 is 0.841 bits per heavy atom. The molecule has 218 valence electrons. The van der Waals surface area contributed by atoms with Gasteiger partial charge in [-0.15, -0.1) is 5.10 Å². The Hall–Kier alpha value is -5.71. The van der Waals surface area contributed by atoms with E-state index in [9.17, 15) is 14.4 Å². The molecule has 0 aliphatic carbocycles. The van der Waals surface area contributed by atoms with Gasteiger partial charge in [-0.25, -0.2) is 5.10 Å². The number of H-pyrrole nitrogens is 1. The number of pyridine rings is 1. The molecule has 2 amide bonds. The monoisotopic (exact) mass is 585 g/mol. The summed E-state index contributed by atoms with van der Waals surface area (Å²) in [5.41, 5.74) is 10.0. The number of hydrogen-bond donors (Lipinski definition) is 2. The van der Waals surface area contributed by atoms with Crippen LogP contribution in [0.1, 0.15) is 50.3 Å². The van der Waals surface area contributed by atoms with Crippen LogP contribution in [0.5, 0.6) is 5.75 Å². The highest BCUT2D eigenvalue weighted by Gasteiger charge is 2.44. The lowest BCUT2D eigenvalue weighted by Crippen LogP contribution is -2.52. The molecule has 4 heterocycles. The second-order valence-electron chi connectivity index (χ2n) is 11.1. The van der Waals surface area contributed by atoms with E-state index in [1.165, 1.54) is 6.20 Å². The minimum atomic E-state index is -0.682. The van der Waals surface area contributed by atoms with Gasteiger partial charge in [0.2, 0.25) is 5.91 Å². The fourth-order valence-electron chi connectivity index (χ4n) is 5.95. The maximum Gasteiger partial charge on any atom is 0.253 e. The highest BCUT2D eigenvalue weighted by molar-refractivity contribution is 6.02. The number of rotatable bonds is 5. The number of aromatic amines is 1. The predicted octanol–water partition coefficient (Wildman–Crippen LogP) is 4.33. The molecule has 5 aromatic rings. The predicted molar refractivity (Wildman–Crippen MR) is 161 cm³/mol. The van der Waals surface area contributed by atoms with Crippen LogP contribution in [0, 0.1) is 0 Å². The van der Waals surface area contributed by atoms with Crippen LogP contribution in [0.4, 0.5) is 0 Å². The number of nitrogens with one attached hydrogen (secondary N) is 1. The van der Waals surface area contributed by atoms with Gasteiger partial charge in [-0.05, 0) is 63.5 Å². The quantitative estimate of drug-likeness (QED) is 0.309. The fraction of sp³-hybridized carbons (Fsp3) is 0.182. The lowest BCUT2D eigenvalue weighted by molar-refractivity contribution is -0.00570. The Labute approximate surface area is 252 Å². The van der Waals surface area contributed by atoms with Crippen molar-refractivity contribution in [2.75, 3.05) is 13.1 Å². The van der Waals surface area contributed by atoms with Gasteiger partial charge in [0, 0.05) is 55.0 Å². The van der Waals surface area contributed by atoms with Crippen molar-refractivity contribution in [3.8, 4) is 39.4 Å². The molecule has 0 saturated carbocycles. The lowest BCUT2D eigenvalue weighted by atomic mass is 9.82. The van der Waals surface area contributed by atoms with E-state index in [1.54, 1.807) is 30.5 Å². The molecule has 0 atom stereocenters. The number of ether oxygens (including phenoxy) is 1. The zero-order chi connectivity index (χ0) is 30.3. The van der Waals surface area contributed by atoms with Crippen LogP contribution < -0.4 is 10.5 Å². The minimum absolute atomic E-state index is 0.0206. The molecule has 2 aromatic heterocycles. The van der Waals surface area contributed by atoms with E-state index in [0.29, 0.717) is 65.3 Å². The van der Waals surface area contributed by atoms with Crippen molar-refractivity contribution in [2.45, 2.75) is 24.9 Å². The van der Waals surface area contributed by atoms with Gasteiger partial charge in [0.1, 0.15) is 11.4 Å². The number of fused-ring (bicyclic) bond motifs is 1. The Morgan fingerprint density at radius 3 is 2.36 bits per heavy atom. The number of tetrazole rings is 1. The first-order valence-corrected chi connectivity index (χ1v) is 14.2. The highest BCUT2D eigenvalue weighted by atomic mass is 16.5. The summed E-state index contributed by atoms with van der Waals surface area (Å²) in [5, 5.41) is 14.2. The van der Waals surface area contributed by atoms with Crippen molar-refractivity contribution in [3.05, 3.63) is 102 Å². The number of nitrogens with zero attached hydrogens (tertiary/aromatic N) is 5. The average molecular weight is 586 g/mol. The smallest absolute Gasteiger partial charge is 0.253 e. The molecular weight excluding hydrogens is 558 g/mol. The second-order valence-corrected chi connectivity index (χ2v) is 11.1. The number of likely N-dealkylation sites (tertiary alicyclic amines) is 1. The Bertz CT molecular complexity index is 1900. The standard InChI is InChI=1S/C33H27N7O4/c34-30(42)26-15-25(18-35-19-26)21-6-7-29-27(16-21)28(41)17-33(44-29)8-10-40(11-9-33)32(43)24-13-22(20-4-2-1-3-5-20)12-23(14-24)31-36-38-39-37-31/h1-7,12-16,18-19H,8-11,17H2,(H2,34,42)(H,36,37,38,39). The number of hydrogen-bond acceptors (Lipinski definition) is 8. The summed E-state index contributed by atoms with van der Waals surface area (Å²) in [6, 6.07) is 22.5. The lowest BCUT2D eigenvalue weighted by Gasteiger charge is -2.44. The van der Waals surface area contributed by atoms with Crippen LogP contribution in [0.25, 0.3) is 33.6 Å². The number of carbonyl (C=O) groups is 3. The number of primary amides is 1. The van der Waals surface area contributed by atoms with E-state index in [4.69, 9.17) is 10.5 Å². The number of nitrogens with two attached hydrogens (primary N) is 1. The van der Waals surface area contributed by atoms with Crippen LogP contribution in [0.15, 0.2) is 85.2 Å². The molecule has 0 unspecified atom stereocenters. The molecule has 3 aromatic carbocycles. The third kappa shape index (κ3) is 5.08. The molecule has 1 fully saturated rings. The van der Waals surface area contributed by atoms with Crippen molar-refractivity contribution in [1.82, 2.24) is 30.5 Å². The van der Waals surface area contributed by atoms with E-state index in [-0.39, 0.29) is 18.1 Å². The number of benzene rings is 3. The Kier molecular flexibility index (Phi) is 6.69. The van der Waals surface area contributed by atoms with Gasteiger partial charge in [0.05, 0.1) is 17.5 Å². The summed E-state index contributed by atoms with van der Waals surface area (Å²) in [6.07, 6.45) is 4.29. The molecule has 11 nitrogen and oxygen atoms in total.